The van der Waals surface area contributed by atoms with E-state index in [9.17, 15) is 14.0 Å². The van der Waals surface area contributed by atoms with Crippen molar-refractivity contribution in [2.24, 2.45) is 5.41 Å². The van der Waals surface area contributed by atoms with E-state index in [0.717, 1.165) is 56.7 Å². The maximum atomic E-state index is 14.1. The van der Waals surface area contributed by atoms with E-state index in [1.54, 1.807) is 12.1 Å². The van der Waals surface area contributed by atoms with Gasteiger partial charge in [0.25, 0.3) is 5.91 Å². The van der Waals surface area contributed by atoms with Crippen molar-refractivity contribution in [1.29, 1.82) is 0 Å². The first-order valence-electron chi connectivity index (χ1n) is 11.6. The normalized spacial score (nSPS) is 17.4. The Hall–Kier alpha value is -3.55. The van der Waals surface area contributed by atoms with Gasteiger partial charge in [0, 0.05) is 42.9 Å². The zero-order chi connectivity index (χ0) is 23.9. The van der Waals surface area contributed by atoms with Crippen LogP contribution in [-0.2, 0) is 4.74 Å². The number of ether oxygens (including phenoxy) is 1. The van der Waals surface area contributed by atoms with E-state index in [4.69, 9.17) is 4.74 Å². The number of piperidine rings is 1. The first-order valence-corrected chi connectivity index (χ1v) is 11.6. The second-order valence-corrected chi connectivity index (χ2v) is 9.47. The fourth-order valence-corrected chi connectivity index (χ4v) is 5.29. The summed E-state index contributed by atoms with van der Waals surface area (Å²) < 4.78 is 19.0. The zero-order valence-electron chi connectivity index (χ0n) is 19.5. The second kappa shape index (κ2) is 8.66. The molecule has 8 heteroatoms. The lowest BCUT2D eigenvalue weighted by Gasteiger charge is -2.40. The smallest absolute Gasteiger partial charge is 0.409 e. The Morgan fingerprint density at radius 1 is 1.09 bits per heavy atom. The lowest BCUT2D eigenvalue weighted by molar-refractivity contribution is 0.102. The molecule has 3 heterocycles. The number of rotatable bonds is 3. The van der Waals surface area contributed by atoms with Crippen molar-refractivity contribution < 1.29 is 18.7 Å². The number of nitrogens with zero attached hydrogens (tertiary/aromatic N) is 2. The fourth-order valence-electron chi connectivity index (χ4n) is 5.29. The molecule has 0 atom stereocenters. The lowest BCUT2D eigenvalue weighted by atomic mass is 9.77. The van der Waals surface area contributed by atoms with Crippen molar-refractivity contribution in [3.05, 3.63) is 59.5 Å². The van der Waals surface area contributed by atoms with Crippen LogP contribution in [0.5, 0.6) is 0 Å². The van der Waals surface area contributed by atoms with Crippen LogP contribution in [0.2, 0.25) is 0 Å². The minimum Gasteiger partial charge on any atom is -0.453 e. The molecule has 0 unspecified atom stereocenters. The van der Waals surface area contributed by atoms with Gasteiger partial charge in [-0.2, -0.15) is 0 Å². The number of carbonyl (C=O) groups excluding carboxylic acids is 2. The Balaban J connectivity index is 1.25. The van der Waals surface area contributed by atoms with E-state index in [1.165, 1.54) is 13.2 Å². The highest BCUT2D eigenvalue weighted by molar-refractivity contribution is 6.06. The summed E-state index contributed by atoms with van der Waals surface area (Å²) in [6, 6.07) is 12.5. The maximum Gasteiger partial charge on any atom is 0.409 e. The molecule has 1 aromatic heterocycles. The van der Waals surface area contributed by atoms with Crippen LogP contribution < -0.4 is 10.2 Å². The van der Waals surface area contributed by atoms with Crippen LogP contribution in [0, 0.1) is 18.2 Å². The minimum atomic E-state index is -0.349. The van der Waals surface area contributed by atoms with Crippen LogP contribution in [0.3, 0.4) is 0 Å². The van der Waals surface area contributed by atoms with Gasteiger partial charge in [0.1, 0.15) is 11.5 Å². The van der Waals surface area contributed by atoms with E-state index in [-0.39, 0.29) is 23.2 Å². The molecule has 178 valence electrons. The highest BCUT2D eigenvalue weighted by Gasteiger charge is 2.42. The van der Waals surface area contributed by atoms with Gasteiger partial charge in [-0.15, -0.1) is 0 Å². The third-order valence-electron chi connectivity index (χ3n) is 7.36. The molecular weight excluding hydrogens is 435 g/mol. The standard InChI is InChI=1S/C26H29FN4O3/c1-17-6-7-21(27)20-15-22(29-23(17)20)24(32)28-18-4-3-5-19(14-18)30-11-8-26(9-12-30)10-13-31(16-26)25(33)34-2/h3-7,14-15,29H,8-13,16H2,1-2H3,(H,28,32). The Bertz CT molecular complexity index is 1210. The first kappa shape index (κ1) is 22.3. The summed E-state index contributed by atoms with van der Waals surface area (Å²) in [6.45, 7) is 5.18. The summed E-state index contributed by atoms with van der Waals surface area (Å²) >= 11 is 0. The van der Waals surface area contributed by atoms with E-state index >= 15 is 0 Å². The van der Waals surface area contributed by atoms with E-state index in [1.807, 2.05) is 36.1 Å². The molecule has 1 spiro atoms. The third kappa shape index (κ3) is 4.08. The molecule has 0 saturated carbocycles. The summed E-state index contributed by atoms with van der Waals surface area (Å²) in [6.07, 6.45) is 2.79. The van der Waals surface area contributed by atoms with Crippen LogP contribution in [0.25, 0.3) is 10.9 Å². The monoisotopic (exact) mass is 464 g/mol. The van der Waals surface area contributed by atoms with Crippen LogP contribution >= 0.6 is 0 Å². The number of likely N-dealkylation sites (tertiary alicyclic amines) is 1. The van der Waals surface area contributed by atoms with Crippen molar-refractivity contribution in [2.75, 3.05) is 43.5 Å². The molecule has 2 amide bonds. The number of H-pyrrole nitrogens is 1. The van der Waals surface area contributed by atoms with Crippen molar-refractivity contribution >= 4 is 34.3 Å². The van der Waals surface area contributed by atoms with Gasteiger partial charge in [-0.25, -0.2) is 9.18 Å². The number of aromatic nitrogens is 1. The lowest BCUT2D eigenvalue weighted by Crippen LogP contribution is -2.42. The second-order valence-electron chi connectivity index (χ2n) is 9.47. The predicted octanol–water partition coefficient (Wildman–Crippen LogP) is 4.93. The molecule has 2 aliphatic heterocycles. The van der Waals surface area contributed by atoms with Gasteiger partial charge in [-0.1, -0.05) is 12.1 Å². The van der Waals surface area contributed by atoms with E-state index in [2.05, 4.69) is 15.2 Å². The van der Waals surface area contributed by atoms with Gasteiger partial charge in [-0.05, 0) is 67.5 Å². The van der Waals surface area contributed by atoms with Crippen LogP contribution in [0.1, 0.15) is 35.3 Å². The number of aryl methyl sites for hydroxylation is 1. The Morgan fingerprint density at radius 3 is 2.59 bits per heavy atom. The first-order chi connectivity index (χ1) is 16.4. The SMILES string of the molecule is COC(=O)N1CCC2(CCN(c3cccc(NC(=O)c4cc5c(F)ccc(C)c5[nH]4)c3)CC2)C1. The van der Waals surface area contributed by atoms with Gasteiger partial charge >= 0.3 is 6.09 Å². The third-order valence-corrected chi connectivity index (χ3v) is 7.36. The number of halogens is 1. The molecular formula is C26H29FN4O3. The molecule has 0 radical (unpaired) electrons. The Morgan fingerprint density at radius 2 is 1.85 bits per heavy atom. The van der Waals surface area contributed by atoms with E-state index < -0.39 is 0 Å². The molecule has 2 saturated heterocycles. The van der Waals surface area contributed by atoms with Crippen molar-refractivity contribution in [3.8, 4) is 0 Å². The molecule has 0 aliphatic carbocycles. The number of hydrogen-bond acceptors (Lipinski definition) is 4. The number of methoxy groups -OCH3 is 1. The average Bonchev–Trinajstić information content (AvgIpc) is 3.48. The number of benzene rings is 2. The summed E-state index contributed by atoms with van der Waals surface area (Å²) in [5, 5.41) is 3.35. The molecule has 34 heavy (non-hydrogen) atoms. The number of nitrogens with one attached hydrogen (secondary N) is 2. The molecule has 2 fully saturated rings. The largest absolute Gasteiger partial charge is 0.453 e. The van der Waals surface area contributed by atoms with Crippen LogP contribution in [0.15, 0.2) is 42.5 Å². The summed E-state index contributed by atoms with van der Waals surface area (Å²) in [7, 11) is 1.43. The van der Waals surface area contributed by atoms with Gasteiger partial charge in [0.2, 0.25) is 0 Å². The molecule has 7 nitrogen and oxygen atoms in total. The molecule has 3 aromatic rings. The van der Waals surface area contributed by atoms with Crippen LogP contribution in [0.4, 0.5) is 20.6 Å². The van der Waals surface area contributed by atoms with Crippen molar-refractivity contribution in [3.63, 3.8) is 0 Å². The number of carbonyl (C=O) groups is 2. The highest BCUT2D eigenvalue weighted by Crippen LogP contribution is 2.41. The maximum absolute atomic E-state index is 14.1. The van der Waals surface area contributed by atoms with Crippen molar-refractivity contribution in [2.45, 2.75) is 26.2 Å². The molecule has 0 bridgehead atoms. The highest BCUT2D eigenvalue weighted by atomic mass is 19.1. The molecule has 5 rings (SSSR count). The zero-order valence-corrected chi connectivity index (χ0v) is 19.5. The topological polar surface area (TPSA) is 77.7 Å². The Kier molecular flexibility index (Phi) is 5.67. The van der Waals surface area contributed by atoms with Gasteiger partial charge in [0.15, 0.2) is 0 Å². The van der Waals surface area contributed by atoms with E-state index in [0.29, 0.717) is 22.3 Å². The number of anilines is 2. The van der Waals surface area contributed by atoms with Gasteiger partial charge in [0.05, 0.1) is 12.6 Å². The van der Waals surface area contributed by atoms with Crippen LogP contribution in [-0.4, -0.2) is 55.2 Å². The number of fused-ring (bicyclic) bond motifs is 1. The predicted molar refractivity (Wildman–Crippen MR) is 130 cm³/mol. The minimum absolute atomic E-state index is 0.166. The molecule has 2 aliphatic rings. The summed E-state index contributed by atoms with van der Waals surface area (Å²) in [5.74, 6) is -0.656. The van der Waals surface area contributed by atoms with Gasteiger partial charge in [-0.3, -0.25) is 4.79 Å². The Labute approximate surface area is 197 Å². The van der Waals surface area contributed by atoms with Gasteiger partial charge < -0.3 is 24.8 Å². The number of amides is 2. The fraction of sp³-hybridized carbons (Fsp3) is 0.385. The van der Waals surface area contributed by atoms with Crippen molar-refractivity contribution in [1.82, 2.24) is 9.88 Å². The molecule has 2 aromatic carbocycles. The summed E-state index contributed by atoms with van der Waals surface area (Å²) in [5.41, 5.74) is 3.76. The number of hydrogen-bond donors (Lipinski definition) is 2. The quantitative estimate of drug-likeness (QED) is 0.576. The average molecular weight is 465 g/mol. The molecule has 2 N–H and O–H groups in total. The summed E-state index contributed by atoms with van der Waals surface area (Å²) in [4.78, 5) is 31.9. The number of aromatic amines is 1.